The summed E-state index contributed by atoms with van der Waals surface area (Å²) >= 11 is 0. The first-order valence-corrected chi connectivity index (χ1v) is 9.76. The number of benzene rings is 1. The zero-order valence-electron chi connectivity index (χ0n) is 16.2. The number of nitrogens with zero attached hydrogens (tertiary/aromatic N) is 4. The van der Waals surface area contributed by atoms with E-state index in [0.717, 1.165) is 43.1 Å². The summed E-state index contributed by atoms with van der Waals surface area (Å²) in [6, 6.07) is 8.65. The molecule has 2 unspecified atom stereocenters. The van der Waals surface area contributed by atoms with Gasteiger partial charge in [-0.3, -0.25) is 4.79 Å². The Morgan fingerprint density at radius 2 is 1.93 bits per heavy atom. The first-order chi connectivity index (χ1) is 13.0. The molecule has 2 bridgehead atoms. The minimum atomic E-state index is -0.0205. The molecule has 1 amide bonds. The van der Waals surface area contributed by atoms with E-state index in [-0.39, 0.29) is 12.0 Å². The molecule has 144 valence electrons. The van der Waals surface area contributed by atoms with Crippen molar-refractivity contribution >= 4 is 5.91 Å². The summed E-state index contributed by atoms with van der Waals surface area (Å²) in [6.07, 6.45) is 3.50. The Morgan fingerprint density at radius 3 is 2.67 bits per heavy atom. The van der Waals surface area contributed by atoms with Crippen molar-refractivity contribution in [2.75, 3.05) is 13.1 Å². The number of likely N-dealkylation sites (tertiary alicyclic amines) is 1. The Bertz CT molecular complexity index is 814. The lowest BCUT2D eigenvalue weighted by atomic mass is 10.1. The number of hydrogen-bond acceptors (Lipinski definition) is 5. The van der Waals surface area contributed by atoms with Crippen molar-refractivity contribution in [3.63, 3.8) is 0 Å². The third-order valence-electron chi connectivity index (χ3n) is 5.36. The van der Waals surface area contributed by atoms with E-state index >= 15 is 0 Å². The molecule has 1 aromatic carbocycles. The maximum atomic E-state index is 13.0. The maximum absolute atomic E-state index is 13.0. The highest BCUT2D eigenvalue weighted by Crippen LogP contribution is 2.23. The lowest BCUT2D eigenvalue weighted by molar-refractivity contribution is 0.0741. The molecule has 2 aliphatic heterocycles. The molecule has 4 rings (SSSR count). The zero-order valence-corrected chi connectivity index (χ0v) is 16.2. The van der Waals surface area contributed by atoms with Crippen molar-refractivity contribution in [1.29, 1.82) is 0 Å². The summed E-state index contributed by atoms with van der Waals surface area (Å²) < 4.78 is 7.40. The molecule has 0 radical (unpaired) electrons. The molecule has 0 saturated carbocycles. The number of rotatable bonds is 4. The number of carbonyl (C=O) groups excluding carboxylic acids is 1. The zero-order chi connectivity index (χ0) is 19.0. The van der Waals surface area contributed by atoms with Crippen molar-refractivity contribution < 1.29 is 9.53 Å². The number of hydrogen-bond donors (Lipinski definition) is 1. The van der Waals surface area contributed by atoms with Crippen LogP contribution in [0.5, 0.6) is 5.75 Å². The lowest BCUT2D eigenvalue weighted by Crippen LogP contribution is -2.39. The molecule has 2 aromatic rings. The molecule has 7 heteroatoms. The number of nitrogens with one attached hydrogen (secondary N) is 1. The van der Waals surface area contributed by atoms with Crippen molar-refractivity contribution in [2.45, 2.75) is 58.2 Å². The van der Waals surface area contributed by atoms with Crippen LogP contribution in [-0.2, 0) is 0 Å². The van der Waals surface area contributed by atoms with Crippen LogP contribution < -0.4 is 10.1 Å². The van der Waals surface area contributed by atoms with Crippen molar-refractivity contribution in [2.24, 2.45) is 0 Å². The van der Waals surface area contributed by atoms with Crippen molar-refractivity contribution in [1.82, 2.24) is 25.2 Å². The molecule has 7 nitrogen and oxygen atoms in total. The van der Waals surface area contributed by atoms with Gasteiger partial charge in [-0.25, -0.2) is 4.68 Å². The maximum Gasteiger partial charge on any atom is 0.276 e. The number of aromatic nitrogens is 3. The highest BCUT2D eigenvalue weighted by molar-refractivity contribution is 5.93. The average Bonchev–Trinajstić information content (AvgIpc) is 3.17. The minimum Gasteiger partial charge on any atom is -0.491 e. The number of carbonyl (C=O) groups is 1. The van der Waals surface area contributed by atoms with Gasteiger partial charge < -0.3 is 15.0 Å². The van der Waals surface area contributed by atoms with Crippen molar-refractivity contribution in [3.8, 4) is 11.4 Å². The van der Waals surface area contributed by atoms with Gasteiger partial charge in [0.05, 0.1) is 17.5 Å². The quantitative estimate of drug-likeness (QED) is 0.896. The van der Waals surface area contributed by atoms with E-state index in [1.165, 1.54) is 6.42 Å². The minimum absolute atomic E-state index is 0.0205. The Morgan fingerprint density at radius 1 is 1.19 bits per heavy atom. The van der Waals surface area contributed by atoms with Gasteiger partial charge in [-0.2, -0.15) is 0 Å². The molecule has 2 aliphatic rings. The van der Waals surface area contributed by atoms with Crippen LogP contribution >= 0.6 is 0 Å². The van der Waals surface area contributed by atoms with Crippen LogP contribution in [0.15, 0.2) is 24.3 Å². The lowest BCUT2D eigenvalue weighted by Gasteiger charge is -2.23. The molecular formula is C20H27N5O2. The van der Waals surface area contributed by atoms with Gasteiger partial charge in [-0.1, -0.05) is 5.21 Å². The summed E-state index contributed by atoms with van der Waals surface area (Å²) in [4.78, 5) is 15.0. The first-order valence-electron chi connectivity index (χ1n) is 9.76. The number of amides is 1. The van der Waals surface area contributed by atoms with Crippen LogP contribution in [0.3, 0.4) is 0 Å². The molecule has 1 N–H and O–H groups in total. The van der Waals surface area contributed by atoms with Crippen LogP contribution in [0.2, 0.25) is 0 Å². The predicted octanol–water partition coefficient (Wildman–Crippen LogP) is 2.33. The van der Waals surface area contributed by atoms with Gasteiger partial charge in [0.1, 0.15) is 5.75 Å². The standard InChI is InChI=1S/C20H27N5O2/c1-13(2)27-18-8-6-17(7-9-18)25-14(3)19(22-23-25)20(26)24-11-10-15-4-5-16(12-24)21-15/h6-9,13,15-16,21H,4-5,10-12H2,1-3H3. The molecule has 0 aliphatic carbocycles. The van der Waals surface area contributed by atoms with Gasteiger partial charge in [0.15, 0.2) is 5.69 Å². The third-order valence-corrected chi connectivity index (χ3v) is 5.36. The van der Waals surface area contributed by atoms with Gasteiger partial charge in [0, 0.05) is 25.2 Å². The fourth-order valence-corrected chi connectivity index (χ4v) is 3.99. The van der Waals surface area contributed by atoms with Gasteiger partial charge in [-0.05, 0) is 64.3 Å². The normalized spacial score (nSPS) is 22.1. The van der Waals surface area contributed by atoms with Gasteiger partial charge in [-0.15, -0.1) is 5.10 Å². The number of ether oxygens (including phenoxy) is 1. The highest BCUT2D eigenvalue weighted by atomic mass is 16.5. The van der Waals surface area contributed by atoms with Gasteiger partial charge >= 0.3 is 0 Å². The summed E-state index contributed by atoms with van der Waals surface area (Å²) in [7, 11) is 0. The number of fused-ring (bicyclic) bond motifs is 2. The molecule has 0 spiro atoms. The van der Waals surface area contributed by atoms with Crippen molar-refractivity contribution in [3.05, 3.63) is 35.7 Å². The third kappa shape index (κ3) is 3.69. The smallest absolute Gasteiger partial charge is 0.276 e. The largest absolute Gasteiger partial charge is 0.491 e. The molecule has 2 fully saturated rings. The first kappa shape index (κ1) is 18.0. The SMILES string of the molecule is Cc1c(C(=O)N2CCC3CCC(C2)N3)nnn1-c1ccc(OC(C)C)cc1. The Kier molecular flexibility index (Phi) is 4.86. The van der Waals surface area contributed by atoms with E-state index in [0.29, 0.717) is 17.8 Å². The summed E-state index contributed by atoms with van der Waals surface area (Å²) in [5.41, 5.74) is 2.07. The summed E-state index contributed by atoms with van der Waals surface area (Å²) in [6.45, 7) is 7.42. The van der Waals surface area contributed by atoms with Crippen LogP contribution in [0.1, 0.15) is 49.3 Å². The van der Waals surface area contributed by atoms with Gasteiger partial charge in [0.2, 0.25) is 0 Å². The van der Waals surface area contributed by atoms with E-state index < -0.39 is 0 Å². The van der Waals surface area contributed by atoms with Gasteiger partial charge in [0.25, 0.3) is 5.91 Å². The second-order valence-corrected chi connectivity index (χ2v) is 7.77. The highest BCUT2D eigenvalue weighted by Gasteiger charge is 2.33. The van der Waals surface area contributed by atoms with Crippen LogP contribution in [-0.4, -0.2) is 57.1 Å². The van der Waals surface area contributed by atoms with E-state index in [4.69, 9.17) is 4.74 Å². The topological polar surface area (TPSA) is 72.3 Å². The predicted molar refractivity (Wildman–Crippen MR) is 102 cm³/mol. The van der Waals surface area contributed by atoms with E-state index in [2.05, 4.69) is 15.6 Å². The van der Waals surface area contributed by atoms with E-state index in [1.54, 1.807) is 4.68 Å². The van der Waals surface area contributed by atoms with Crippen LogP contribution in [0.4, 0.5) is 0 Å². The summed E-state index contributed by atoms with van der Waals surface area (Å²) in [5, 5.41) is 12.0. The fourth-order valence-electron chi connectivity index (χ4n) is 3.99. The van der Waals surface area contributed by atoms with E-state index in [1.807, 2.05) is 49.9 Å². The Hall–Kier alpha value is -2.41. The molecule has 2 saturated heterocycles. The van der Waals surface area contributed by atoms with Crippen LogP contribution in [0.25, 0.3) is 5.69 Å². The van der Waals surface area contributed by atoms with E-state index in [9.17, 15) is 4.79 Å². The molecule has 27 heavy (non-hydrogen) atoms. The summed E-state index contributed by atoms with van der Waals surface area (Å²) in [5.74, 6) is 0.794. The molecule has 1 aromatic heterocycles. The fraction of sp³-hybridized carbons (Fsp3) is 0.550. The monoisotopic (exact) mass is 369 g/mol. The molecule has 3 heterocycles. The average molecular weight is 369 g/mol. The molecular weight excluding hydrogens is 342 g/mol. The Balaban J connectivity index is 1.52. The Labute approximate surface area is 159 Å². The van der Waals surface area contributed by atoms with Crippen LogP contribution in [0, 0.1) is 6.92 Å². The second kappa shape index (κ2) is 7.31. The second-order valence-electron chi connectivity index (χ2n) is 7.77. The molecule has 2 atom stereocenters.